The average Bonchev–Trinajstić information content (AvgIpc) is 3.18. The van der Waals surface area contributed by atoms with Crippen molar-refractivity contribution in [1.82, 2.24) is 14.9 Å². The maximum Gasteiger partial charge on any atom is 0.299 e. The second-order valence-corrected chi connectivity index (χ2v) is 6.62. The Morgan fingerprint density at radius 1 is 1.42 bits per heavy atom. The molecule has 3 rings (SSSR count). The van der Waals surface area contributed by atoms with Gasteiger partial charge in [-0.05, 0) is 42.5 Å². The van der Waals surface area contributed by atoms with Crippen LogP contribution in [-0.2, 0) is 6.61 Å². The normalized spacial score (nSPS) is 11.6. The second-order valence-electron chi connectivity index (χ2n) is 4.91. The van der Waals surface area contributed by atoms with Crippen molar-refractivity contribution in [2.45, 2.75) is 13.0 Å². The Balaban J connectivity index is 1.68. The van der Waals surface area contributed by atoms with Crippen LogP contribution in [-0.4, -0.2) is 21.1 Å². The number of benzene rings is 1. The van der Waals surface area contributed by atoms with Crippen LogP contribution >= 0.6 is 39.7 Å². The zero-order chi connectivity index (χ0) is 18.7. The van der Waals surface area contributed by atoms with Gasteiger partial charge >= 0.3 is 0 Å². The Labute approximate surface area is 164 Å². The number of aromatic amines is 1. The molecular formula is C15H10BrClF2N4O2S. The van der Waals surface area contributed by atoms with E-state index >= 15 is 0 Å². The van der Waals surface area contributed by atoms with Gasteiger partial charge in [-0.2, -0.15) is 14.9 Å². The summed E-state index contributed by atoms with van der Waals surface area (Å²) in [6, 6.07) is 8.54. The van der Waals surface area contributed by atoms with Crippen molar-refractivity contribution < 1.29 is 17.9 Å². The number of aromatic nitrogens is 3. The Morgan fingerprint density at radius 2 is 2.23 bits per heavy atom. The van der Waals surface area contributed by atoms with Gasteiger partial charge < -0.3 is 9.15 Å². The zero-order valence-electron chi connectivity index (χ0n) is 12.8. The number of nitrogens with one attached hydrogen (secondary N) is 1. The molecule has 0 amide bonds. The highest BCUT2D eigenvalue weighted by atomic mass is 79.9. The van der Waals surface area contributed by atoms with Crippen molar-refractivity contribution >= 4 is 46.0 Å². The molecule has 0 unspecified atom stereocenters. The maximum atomic E-state index is 12.8. The summed E-state index contributed by atoms with van der Waals surface area (Å²) in [6.45, 7) is 0.141. The first-order valence-corrected chi connectivity index (χ1v) is 8.68. The Kier molecular flexibility index (Phi) is 5.84. The van der Waals surface area contributed by atoms with Gasteiger partial charge in [0.05, 0.1) is 11.2 Å². The van der Waals surface area contributed by atoms with E-state index in [1.54, 1.807) is 30.3 Å². The lowest BCUT2D eigenvalue weighted by molar-refractivity contribution is 0.136. The number of nitrogens with zero attached hydrogens (tertiary/aromatic N) is 3. The van der Waals surface area contributed by atoms with Gasteiger partial charge in [0.2, 0.25) is 10.6 Å². The lowest BCUT2D eigenvalue weighted by Gasteiger charge is -2.06. The summed E-state index contributed by atoms with van der Waals surface area (Å²) in [4.78, 5) is 0. The van der Waals surface area contributed by atoms with Crippen LogP contribution in [0.3, 0.4) is 0 Å². The molecular weight excluding hydrogens is 454 g/mol. The van der Waals surface area contributed by atoms with Crippen molar-refractivity contribution in [2.75, 3.05) is 0 Å². The number of H-pyrrole nitrogens is 1. The molecule has 6 nitrogen and oxygen atoms in total. The molecule has 11 heteroatoms. The van der Waals surface area contributed by atoms with Crippen LogP contribution in [0, 0.1) is 4.77 Å². The van der Waals surface area contributed by atoms with E-state index in [0.29, 0.717) is 22.3 Å². The molecule has 3 aromatic rings. The molecule has 0 saturated carbocycles. The van der Waals surface area contributed by atoms with E-state index in [2.05, 4.69) is 31.2 Å². The minimum Gasteiger partial charge on any atom is -0.484 e. The summed E-state index contributed by atoms with van der Waals surface area (Å²) in [5.41, 5.74) is 0. The average molecular weight is 464 g/mol. The SMILES string of the molecule is FC(F)c1n[nH]c(=S)n1N=Cc1ccc(COc2ccc(Br)cc2Cl)o1. The number of hydrogen-bond acceptors (Lipinski definition) is 5. The van der Waals surface area contributed by atoms with Gasteiger partial charge in [-0.1, -0.05) is 27.5 Å². The van der Waals surface area contributed by atoms with Gasteiger partial charge in [0, 0.05) is 4.47 Å². The van der Waals surface area contributed by atoms with E-state index < -0.39 is 12.2 Å². The first-order chi connectivity index (χ1) is 12.4. The highest BCUT2D eigenvalue weighted by Crippen LogP contribution is 2.28. The maximum absolute atomic E-state index is 12.8. The summed E-state index contributed by atoms with van der Waals surface area (Å²) < 4.78 is 38.4. The summed E-state index contributed by atoms with van der Waals surface area (Å²) >= 11 is 14.2. The Bertz CT molecular complexity index is 1000. The molecule has 1 N–H and O–H groups in total. The highest BCUT2D eigenvalue weighted by Gasteiger charge is 2.16. The molecule has 2 aromatic heterocycles. The van der Waals surface area contributed by atoms with Crippen molar-refractivity contribution in [1.29, 1.82) is 0 Å². The molecule has 1 aromatic carbocycles. The first kappa shape index (κ1) is 18.7. The molecule has 0 saturated heterocycles. The first-order valence-electron chi connectivity index (χ1n) is 7.10. The van der Waals surface area contributed by atoms with E-state index in [9.17, 15) is 8.78 Å². The predicted molar refractivity (Wildman–Crippen MR) is 97.6 cm³/mol. The molecule has 0 radical (unpaired) electrons. The second kappa shape index (κ2) is 8.11. The number of hydrogen-bond donors (Lipinski definition) is 1. The van der Waals surface area contributed by atoms with Crippen LogP contribution in [0.2, 0.25) is 5.02 Å². The largest absolute Gasteiger partial charge is 0.484 e. The van der Waals surface area contributed by atoms with E-state index in [1.807, 2.05) is 0 Å². The lowest BCUT2D eigenvalue weighted by atomic mass is 10.3. The number of rotatable bonds is 6. The van der Waals surface area contributed by atoms with Crippen molar-refractivity contribution in [3.05, 3.63) is 61.9 Å². The van der Waals surface area contributed by atoms with Gasteiger partial charge in [-0.25, -0.2) is 13.9 Å². The van der Waals surface area contributed by atoms with E-state index in [4.69, 9.17) is 33.0 Å². The molecule has 2 heterocycles. The third-order valence-electron chi connectivity index (χ3n) is 3.12. The van der Waals surface area contributed by atoms with Crippen molar-refractivity contribution in [3.8, 4) is 5.75 Å². The van der Waals surface area contributed by atoms with Crippen LogP contribution in [0.1, 0.15) is 23.8 Å². The smallest absolute Gasteiger partial charge is 0.299 e. The van der Waals surface area contributed by atoms with Gasteiger partial charge in [0.25, 0.3) is 6.43 Å². The third-order valence-corrected chi connectivity index (χ3v) is 4.17. The Morgan fingerprint density at radius 3 is 2.96 bits per heavy atom. The van der Waals surface area contributed by atoms with E-state index in [-0.39, 0.29) is 11.4 Å². The number of alkyl halides is 2. The molecule has 0 aliphatic carbocycles. The molecule has 0 fully saturated rings. The highest BCUT2D eigenvalue weighted by molar-refractivity contribution is 9.10. The van der Waals surface area contributed by atoms with Gasteiger partial charge in [-0.15, -0.1) is 0 Å². The zero-order valence-corrected chi connectivity index (χ0v) is 16.0. The van der Waals surface area contributed by atoms with Crippen LogP contribution in [0.4, 0.5) is 8.78 Å². The van der Waals surface area contributed by atoms with Crippen LogP contribution in [0.5, 0.6) is 5.75 Å². The molecule has 0 aliphatic heterocycles. The van der Waals surface area contributed by atoms with Crippen LogP contribution in [0.25, 0.3) is 0 Å². The molecule has 0 aliphatic rings. The van der Waals surface area contributed by atoms with Gasteiger partial charge in [0.1, 0.15) is 23.9 Å². The lowest BCUT2D eigenvalue weighted by Crippen LogP contribution is -1.99. The summed E-state index contributed by atoms with van der Waals surface area (Å²) in [5.74, 6) is 0.781. The van der Waals surface area contributed by atoms with E-state index in [0.717, 1.165) is 9.15 Å². The molecule has 0 spiro atoms. The molecule has 26 heavy (non-hydrogen) atoms. The van der Waals surface area contributed by atoms with Crippen molar-refractivity contribution in [3.63, 3.8) is 0 Å². The van der Waals surface area contributed by atoms with Gasteiger partial charge in [-0.3, -0.25) is 0 Å². The minimum absolute atomic E-state index is 0.0449. The van der Waals surface area contributed by atoms with Crippen LogP contribution < -0.4 is 4.74 Å². The number of ether oxygens (including phenoxy) is 1. The standard InChI is InChI=1S/C15H10BrClF2N4O2S/c16-8-1-4-12(11(17)5-8)24-7-10-3-2-9(25-10)6-20-23-14(13(18)19)21-22-15(23)26/h1-6,13H,7H2,(H,22,26). The third kappa shape index (κ3) is 4.37. The molecule has 136 valence electrons. The summed E-state index contributed by atoms with van der Waals surface area (Å²) in [6.07, 6.45) is -1.55. The Hall–Kier alpha value is -2.04. The fourth-order valence-corrected chi connectivity index (χ4v) is 2.87. The fourth-order valence-electron chi connectivity index (χ4n) is 1.95. The van der Waals surface area contributed by atoms with Crippen LogP contribution in [0.15, 0.2) is 44.3 Å². The number of halogens is 4. The quantitative estimate of drug-likeness (QED) is 0.395. The molecule has 0 bridgehead atoms. The van der Waals surface area contributed by atoms with Gasteiger partial charge in [0.15, 0.2) is 0 Å². The van der Waals surface area contributed by atoms with Crippen molar-refractivity contribution in [2.24, 2.45) is 5.10 Å². The molecule has 0 atom stereocenters. The minimum atomic E-state index is -2.81. The summed E-state index contributed by atoms with van der Waals surface area (Å²) in [5, 5.41) is 10.0. The fraction of sp³-hybridized carbons (Fsp3) is 0.133. The number of furan rings is 1. The monoisotopic (exact) mass is 462 g/mol. The topological polar surface area (TPSA) is 68.3 Å². The van der Waals surface area contributed by atoms with E-state index in [1.165, 1.54) is 6.21 Å². The summed E-state index contributed by atoms with van der Waals surface area (Å²) in [7, 11) is 0. The predicted octanol–water partition coefficient (Wildman–Crippen LogP) is 5.35.